The van der Waals surface area contributed by atoms with E-state index in [2.05, 4.69) is 0 Å². The molecule has 0 atom stereocenters. The largest absolute Gasteiger partial charge is 0.416 e. The van der Waals surface area contributed by atoms with Crippen LogP contribution in [-0.4, -0.2) is 0 Å². The van der Waals surface area contributed by atoms with Crippen molar-refractivity contribution >= 4 is 11.6 Å². The van der Waals surface area contributed by atoms with Gasteiger partial charge in [-0.15, -0.1) is 0 Å². The summed E-state index contributed by atoms with van der Waals surface area (Å²) < 4.78 is 37.6. The molecule has 0 N–H and O–H groups in total. The predicted molar refractivity (Wildman–Crippen MR) is 71.2 cm³/mol. The van der Waals surface area contributed by atoms with Crippen LogP contribution in [0.25, 0.3) is 11.1 Å². The van der Waals surface area contributed by atoms with E-state index in [0.29, 0.717) is 16.1 Å². The molecule has 0 aliphatic rings. The number of nitrogens with zero attached hydrogens (tertiary/aromatic N) is 1. The van der Waals surface area contributed by atoms with Gasteiger partial charge >= 0.3 is 6.18 Å². The summed E-state index contributed by atoms with van der Waals surface area (Å²) in [6.45, 7) is 0. The monoisotopic (exact) mass is 295 g/mol. The first-order chi connectivity index (χ1) is 9.41. The number of hydrogen-bond donors (Lipinski definition) is 0. The average molecular weight is 296 g/mol. The van der Waals surface area contributed by atoms with Crippen molar-refractivity contribution in [3.8, 4) is 17.2 Å². The van der Waals surface area contributed by atoms with Crippen LogP contribution in [0.2, 0.25) is 5.02 Å². The Balaban J connectivity index is 2.46. The molecule has 2 aromatic carbocycles. The zero-order valence-corrected chi connectivity index (χ0v) is 11.0. The summed E-state index contributed by atoms with van der Waals surface area (Å²) in [6.07, 6.45) is -4.18. The predicted octanol–water partition coefficient (Wildman–Crippen LogP) is 5.09. The van der Waals surface area contributed by atoms with Gasteiger partial charge in [-0.2, -0.15) is 18.4 Å². The summed E-state index contributed by atoms with van der Waals surface area (Å²) in [5, 5.41) is 9.25. The second-order valence-corrected chi connectivity index (χ2v) is 4.65. The Morgan fingerprint density at radius 1 is 1.05 bits per heavy atom. The van der Waals surface area contributed by atoms with Crippen LogP contribution in [-0.2, 0) is 12.6 Å². The fourth-order valence-corrected chi connectivity index (χ4v) is 2.07. The summed E-state index contributed by atoms with van der Waals surface area (Å²) in [5.74, 6) is 0. The van der Waals surface area contributed by atoms with E-state index in [1.165, 1.54) is 12.1 Å². The molecule has 0 aliphatic carbocycles. The number of alkyl halides is 3. The van der Waals surface area contributed by atoms with Gasteiger partial charge in [0.2, 0.25) is 0 Å². The van der Waals surface area contributed by atoms with E-state index in [9.17, 15) is 13.2 Å². The quantitative estimate of drug-likeness (QED) is 0.757. The van der Waals surface area contributed by atoms with E-state index in [1.807, 2.05) is 6.07 Å². The first-order valence-corrected chi connectivity index (χ1v) is 6.12. The van der Waals surface area contributed by atoms with Gasteiger partial charge in [-0.25, -0.2) is 0 Å². The van der Waals surface area contributed by atoms with Crippen LogP contribution in [0.3, 0.4) is 0 Å². The van der Waals surface area contributed by atoms with Crippen LogP contribution in [0.4, 0.5) is 13.2 Å². The standard InChI is InChI=1S/C15H9ClF3N/c16-13-6-3-11(7-8-20)14(9-13)10-1-4-12(5-2-10)15(17,18)19/h1-6,9H,7H2. The van der Waals surface area contributed by atoms with Crippen LogP contribution in [0, 0.1) is 11.3 Å². The maximum Gasteiger partial charge on any atom is 0.416 e. The number of rotatable bonds is 2. The van der Waals surface area contributed by atoms with Crippen LogP contribution in [0.1, 0.15) is 11.1 Å². The average Bonchev–Trinajstić information content (AvgIpc) is 2.40. The minimum Gasteiger partial charge on any atom is -0.198 e. The van der Waals surface area contributed by atoms with Gasteiger partial charge in [0.05, 0.1) is 18.1 Å². The highest BCUT2D eigenvalue weighted by atomic mass is 35.5. The van der Waals surface area contributed by atoms with E-state index in [4.69, 9.17) is 16.9 Å². The summed E-state index contributed by atoms with van der Waals surface area (Å²) in [4.78, 5) is 0. The third kappa shape index (κ3) is 3.12. The van der Waals surface area contributed by atoms with E-state index >= 15 is 0 Å². The lowest BCUT2D eigenvalue weighted by Crippen LogP contribution is -2.04. The van der Waals surface area contributed by atoms with Crippen LogP contribution in [0.5, 0.6) is 0 Å². The highest BCUT2D eigenvalue weighted by Crippen LogP contribution is 2.32. The van der Waals surface area contributed by atoms with E-state index in [0.717, 1.165) is 17.7 Å². The Hall–Kier alpha value is -1.99. The number of nitriles is 1. The SMILES string of the molecule is N#CCc1ccc(Cl)cc1-c1ccc(C(F)(F)F)cc1. The Morgan fingerprint density at radius 2 is 1.70 bits per heavy atom. The smallest absolute Gasteiger partial charge is 0.198 e. The van der Waals surface area contributed by atoms with Crippen molar-refractivity contribution in [3.63, 3.8) is 0 Å². The van der Waals surface area contributed by atoms with Gasteiger partial charge < -0.3 is 0 Å². The molecule has 102 valence electrons. The van der Waals surface area contributed by atoms with E-state index in [1.54, 1.807) is 18.2 Å². The summed E-state index contributed by atoms with van der Waals surface area (Å²) in [6, 6.07) is 11.8. The Morgan fingerprint density at radius 3 is 2.25 bits per heavy atom. The molecule has 0 saturated carbocycles. The normalized spacial score (nSPS) is 11.2. The Kier molecular flexibility index (Phi) is 4.01. The summed E-state index contributed by atoms with van der Waals surface area (Å²) >= 11 is 5.91. The molecule has 20 heavy (non-hydrogen) atoms. The molecule has 0 fully saturated rings. The lowest BCUT2D eigenvalue weighted by molar-refractivity contribution is -0.137. The number of benzene rings is 2. The first kappa shape index (κ1) is 14.4. The molecule has 0 bridgehead atoms. The fourth-order valence-electron chi connectivity index (χ4n) is 1.90. The second-order valence-electron chi connectivity index (χ2n) is 4.21. The highest BCUT2D eigenvalue weighted by molar-refractivity contribution is 6.30. The van der Waals surface area contributed by atoms with Gasteiger partial charge in [-0.3, -0.25) is 0 Å². The van der Waals surface area contributed by atoms with Gasteiger partial charge in [0.15, 0.2) is 0 Å². The van der Waals surface area contributed by atoms with Gasteiger partial charge in [-0.1, -0.05) is 29.8 Å². The van der Waals surface area contributed by atoms with Crippen molar-refractivity contribution in [1.82, 2.24) is 0 Å². The molecule has 0 aromatic heterocycles. The lowest BCUT2D eigenvalue weighted by atomic mass is 9.97. The zero-order valence-electron chi connectivity index (χ0n) is 10.2. The molecule has 0 heterocycles. The van der Waals surface area contributed by atoms with Crippen molar-refractivity contribution in [2.75, 3.05) is 0 Å². The topological polar surface area (TPSA) is 23.8 Å². The van der Waals surface area contributed by atoms with Crippen molar-refractivity contribution in [2.45, 2.75) is 12.6 Å². The van der Waals surface area contributed by atoms with Gasteiger partial charge in [0, 0.05) is 5.02 Å². The highest BCUT2D eigenvalue weighted by Gasteiger charge is 2.30. The minimum absolute atomic E-state index is 0.174. The van der Waals surface area contributed by atoms with Crippen LogP contribution < -0.4 is 0 Å². The molecule has 0 amide bonds. The van der Waals surface area contributed by atoms with Crippen LogP contribution >= 0.6 is 11.6 Å². The third-order valence-corrected chi connectivity index (χ3v) is 3.10. The molecule has 0 aliphatic heterocycles. The maximum absolute atomic E-state index is 12.5. The molecule has 0 unspecified atom stereocenters. The molecule has 0 spiro atoms. The zero-order chi connectivity index (χ0) is 14.8. The maximum atomic E-state index is 12.5. The Labute approximate surface area is 119 Å². The first-order valence-electron chi connectivity index (χ1n) is 5.75. The lowest BCUT2D eigenvalue weighted by Gasteiger charge is -2.10. The fraction of sp³-hybridized carbons (Fsp3) is 0.133. The van der Waals surface area contributed by atoms with Crippen molar-refractivity contribution in [3.05, 3.63) is 58.6 Å². The van der Waals surface area contributed by atoms with Crippen molar-refractivity contribution in [2.24, 2.45) is 0 Å². The van der Waals surface area contributed by atoms with Crippen molar-refractivity contribution in [1.29, 1.82) is 5.26 Å². The van der Waals surface area contributed by atoms with Crippen molar-refractivity contribution < 1.29 is 13.2 Å². The van der Waals surface area contributed by atoms with Gasteiger partial charge in [0.1, 0.15) is 0 Å². The molecule has 0 saturated heterocycles. The summed E-state index contributed by atoms with van der Waals surface area (Å²) in [5.41, 5.74) is 1.31. The molecular formula is C15H9ClF3N. The molecule has 5 heteroatoms. The van der Waals surface area contributed by atoms with E-state index < -0.39 is 11.7 Å². The van der Waals surface area contributed by atoms with Gasteiger partial charge in [-0.05, 0) is 41.0 Å². The molecule has 1 nitrogen and oxygen atoms in total. The number of hydrogen-bond acceptors (Lipinski definition) is 1. The summed E-state index contributed by atoms with van der Waals surface area (Å²) in [7, 11) is 0. The molecule has 2 aromatic rings. The van der Waals surface area contributed by atoms with E-state index in [-0.39, 0.29) is 6.42 Å². The molecule has 2 rings (SSSR count). The van der Waals surface area contributed by atoms with Gasteiger partial charge in [0.25, 0.3) is 0 Å². The minimum atomic E-state index is -4.36. The third-order valence-electron chi connectivity index (χ3n) is 2.86. The Bertz CT molecular complexity index is 654. The molecular weight excluding hydrogens is 287 g/mol. The molecule has 0 radical (unpaired) electrons. The second kappa shape index (κ2) is 5.56. The van der Waals surface area contributed by atoms with Crippen LogP contribution in [0.15, 0.2) is 42.5 Å². The number of halogens is 4.